The summed E-state index contributed by atoms with van der Waals surface area (Å²) in [5, 5.41) is 0.816. The van der Waals surface area contributed by atoms with Gasteiger partial charge in [0.15, 0.2) is 0 Å². The molecule has 0 saturated carbocycles. The number of pyridine rings is 1. The largest absolute Gasteiger partial charge is 0.491 e. The lowest BCUT2D eigenvalue weighted by Crippen LogP contribution is -2.35. The second kappa shape index (κ2) is 5.44. The standard InChI is InChI=1S/C13H13F3N2O/c14-13(15,16)10(7-17)8-19-11-5-1-3-9-4-2-6-18-12(9)11/h1-6,10H,7-8,17H2. The quantitative estimate of drug-likeness (QED) is 0.929. The smallest absolute Gasteiger partial charge is 0.396 e. The van der Waals surface area contributed by atoms with Crippen LogP contribution in [0.5, 0.6) is 5.75 Å². The van der Waals surface area contributed by atoms with Crippen LogP contribution in [0.2, 0.25) is 0 Å². The summed E-state index contributed by atoms with van der Waals surface area (Å²) in [7, 11) is 0. The highest BCUT2D eigenvalue weighted by Crippen LogP contribution is 2.28. The molecule has 0 bridgehead atoms. The first-order valence-electron chi connectivity index (χ1n) is 5.75. The Morgan fingerprint density at radius 2 is 1.95 bits per heavy atom. The third-order valence-electron chi connectivity index (χ3n) is 2.78. The molecule has 19 heavy (non-hydrogen) atoms. The molecule has 1 aromatic heterocycles. The number of fused-ring (bicyclic) bond motifs is 1. The zero-order chi connectivity index (χ0) is 13.9. The van der Waals surface area contributed by atoms with Crippen molar-refractivity contribution >= 4 is 10.9 Å². The van der Waals surface area contributed by atoms with Gasteiger partial charge in [-0.05, 0) is 12.1 Å². The topological polar surface area (TPSA) is 48.1 Å². The molecule has 0 aliphatic rings. The van der Waals surface area contributed by atoms with Crippen LogP contribution >= 0.6 is 0 Å². The summed E-state index contributed by atoms with van der Waals surface area (Å²) < 4.78 is 42.9. The maximum absolute atomic E-state index is 12.6. The molecule has 2 N–H and O–H groups in total. The summed E-state index contributed by atoms with van der Waals surface area (Å²) in [6.07, 6.45) is -2.79. The summed E-state index contributed by atoms with van der Waals surface area (Å²) in [6.45, 7) is -1.00. The van der Waals surface area contributed by atoms with Crippen molar-refractivity contribution in [2.45, 2.75) is 6.18 Å². The second-order valence-corrected chi connectivity index (χ2v) is 4.12. The van der Waals surface area contributed by atoms with Crippen molar-refractivity contribution in [1.82, 2.24) is 4.98 Å². The first-order chi connectivity index (χ1) is 9.02. The summed E-state index contributed by atoms with van der Waals surface area (Å²) >= 11 is 0. The van der Waals surface area contributed by atoms with Crippen LogP contribution in [-0.2, 0) is 0 Å². The Kier molecular flexibility index (Phi) is 3.90. The molecule has 0 fully saturated rings. The van der Waals surface area contributed by atoms with Crippen LogP contribution in [0.4, 0.5) is 13.2 Å². The summed E-state index contributed by atoms with van der Waals surface area (Å²) in [6, 6.07) is 8.70. The minimum Gasteiger partial charge on any atom is -0.491 e. The van der Waals surface area contributed by atoms with Gasteiger partial charge in [-0.2, -0.15) is 13.2 Å². The Bertz CT molecular complexity index is 552. The van der Waals surface area contributed by atoms with E-state index in [1.165, 1.54) is 0 Å². The lowest BCUT2D eigenvalue weighted by molar-refractivity contribution is -0.178. The van der Waals surface area contributed by atoms with Gasteiger partial charge in [0.25, 0.3) is 0 Å². The van der Waals surface area contributed by atoms with E-state index in [0.717, 1.165) is 5.39 Å². The van der Waals surface area contributed by atoms with Crippen LogP contribution in [0.25, 0.3) is 10.9 Å². The molecule has 0 saturated heterocycles. The Morgan fingerprint density at radius 1 is 1.21 bits per heavy atom. The number of hydrogen-bond acceptors (Lipinski definition) is 3. The van der Waals surface area contributed by atoms with Crippen LogP contribution in [-0.4, -0.2) is 24.3 Å². The number of hydrogen-bond donors (Lipinski definition) is 1. The molecule has 2 rings (SSSR count). The number of alkyl halides is 3. The minimum atomic E-state index is -4.35. The van der Waals surface area contributed by atoms with Crippen molar-refractivity contribution in [2.24, 2.45) is 11.7 Å². The van der Waals surface area contributed by atoms with Crippen molar-refractivity contribution in [3.63, 3.8) is 0 Å². The van der Waals surface area contributed by atoms with Gasteiger partial charge in [0, 0.05) is 18.1 Å². The van der Waals surface area contributed by atoms with Gasteiger partial charge >= 0.3 is 6.18 Å². The molecule has 0 radical (unpaired) electrons. The van der Waals surface area contributed by atoms with Gasteiger partial charge in [0.2, 0.25) is 0 Å². The lowest BCUT2D eigenvalue weighted by atomic mass is 10.1. The summed E-state index contributed by atoms with van der Waals surface area (Å²) in [5.41, 5.74) is 5.66. The molecule has 102 valence electrons. The van der Waals surface area contributed by atoms with Gasteiger partial charge < -0.3 is 10.5 Å². The highest BCUT2D eigenvalue weighted by atomic mass is 19.4. The Hall–Kier alpha value is -1.82. The fourth-order valence-electron chi connectivity index (χ4n) is 1.68. The highest BCUT2D eigenvalue weighted by molar-refractivity contribution is 5.84. The molecule has 2 aromatic rings. The van der Waals surface area contributed by atoms with Crippen molar-refractivity contribution in [1.29, 1.82) is 0 Å². The Morgan fingerprint density at radius 3 is 2.63 bits per heavy atom. The molecule has 1 aromatic carbocycles. The molecular weight excluding hydrogens is 257 g/mol. The van der Waals surface area contributed by atoms with Crippen molar-refractivity contribution in [2.75, 3.05) is 13.2 Å². The van der Waals surface area contributed by atoms with Crippen LogP contribution in [0.15, 0.2) is 36.5 Å². The Balaban J connectivity index is 2.18. The zero-order valence-electron chi connectivity index (χ0n) is 10.0. The van der Waals surface area contributed by atoms with Gasteiger partial charge in [-0.25, -0.2) is 0 Å². The summed E-state index contributed by atoms with van der Waals surface area (Å²) in [4.78, 5) is 4.11. The fourth-order valence-corrected chi connectivity index (χ4v) is 1.68. The predicted octanol–water partition coefficient (Wildman–Crippen LogP) is 2.75. The average molecular weight is 270 g/mol. The van der Waals surface area contributed by atoms with E-state index >= 15 is 0 Å². The Labute approximate surface area is 108 Å². The van der Waals surface area contributed by atoms with Crippen LogP contribution in [0, 0.1) is 5.92 Å². The molecule has 1 unspecified atom stereocenters. The number of benzene rings is 1. The van der Waals surface area contributed by atoms with Crippen molar-refractivity contribution < 1.29 is 17.9 Å². The third kappa shape index (κ3) is 3.14. The number of aromatic nitrogens is 1. The number of para-hydroxylation sites is 1. The van der Waals surface area contributed by atoms with Gasteiger partial charge in [0.1, 0.15) is 23.8 Å². The number of nitrogens with two attached hydrogens (primary N) is 1. The summed E-state index contributed by atoms with van der Waals surface area (Å²) in [5.74, 6) is -1.34. The number of ether oxygens (including phenoxy) is 1. The third-order valence-corrected chi connectivity index (χ3v) is 2.78. The highest BCUT2D eigenvalue weighted by Gasteiger charge is 2.39. The number of rotatable bonds is 4. The van der Waals surface area contributed by atoms with Gasteiger partial charge in [-0.3, -0.25) is 4.98 Å². The first kappa shape index (κ1) is 13.6. The first-order valence-corrected chi connectivity index (χ1v) is 5.75. The molecule has 0 aliphatic carbocycles. The lowest BCUT2D eigenvalue weighted by Gasteiger charge is -2.19. The van der Waals surface area contributed by atoms with E-state index in [2.05, 4.69) is 4.98 Å². The van der Waals surface area contributed by atoms with Gasteiger partial charge in [0.05, 0.1) is 0 Å². The number of nitrogens with zero attached hydrogens (tertiary/aromatic N) is 1. The van der Waals surface area contributed by atoms with E-state index in [0.29, 0.717) is 11.3 Å². The molecule has 6 heteroatoms. The van der Waals surface area contributed by atoms with E-state index in [4.69, 9.17) is 10.5 Å². The number of halogens is 3. The minimum absolute atomic E-state index is 0.334. The van der Waals surface area contributed by atoms with E-state index in [1.807, 2.05) is 12.1 Å². The monoisotopic (exact) mass is 270 g/mol. The van der Waals surface area contributed by atoms with Gasteiger partial charge in [-0.1, -0.05) is 18.2 Å². The fraction of sp³-hybridized carbons (Fsp3) is 0.308. The SMILES string of the molecule is NCC(COc1cccc2cccnc12)C(F)(F)F. The van der Waals surface area contributed by atoms with E-state index in [-0.39, 0.29) is 0 Å². The van der Waals surface area contributed by atoms with Crippen LogP contribution < -0.4 is 10.5 Å². The average Bonchev–Trinajstić information content (AvgIpc) is 2.38. The molecule has 1 heterocycles. The van der Waals surface area contributed by atoms with Crippen molar-refractivity contribution in [3.8, 4) is 5.75 Å². The molecular formula is C13H13F3N2O. The van der Waals surface area contributed by atoms with E-state index in [9.17, 15) is 13.2 Å². The van der Waals surface area contributed by atoms with E-state index in [1.54, 1.807) is 24.4 Å². The maximum atomic E-state index is 12.6. The second-order valence-electron chi connectivity index (χ2n) is 4.12. The van der Waals surface area contributed by atoms with Crippen LogP contribution in [0.3, 0.4) is 0 Å². The van der Waals surface area contributed by atoms with Crippen molar-refractivity contribution in [3.05, 3.63) is 36.5 Å². The normalized spacial score (nSPS) is 13.5. The molecule has 0 aliphatic heterocycles. The molecule has 1 atom stereocenters. The maximum Gasteiger partial charge on any atom is 0.396 e. The molecule has 0 spiro atoms. The van der Waals surface area contributed by atoms with E-state index < -0.39 is 25.2 Å². The zero-order valence-corrected chi connectivity index (χ0v) is 10.0. The molecule has 3 nitrogen and oxygen atoms in total. The van der Waals surface area contributed by atoms with Gasteiger partial charge in [-0.15, -0.1) is 0 Å². The predicted molar refractivity (Wildman–Crippen MR) is 65.8 cm³/mol. The molecule has 0 amide bonds. The van der Waals surface area contributed by atoms with Crippen LogP contribution in [0.1, 0.15) is 0 Å².